The third-order valence-corrected chi connectivity index (χ3v) is 8.88. The minimum absolute atomic E-state index is 0.0107. The summed E-state index contributed by atoms with van der Waals surface area (Å²) in [6.07, 6.45) is -4.26. The number of carbonyl (C=O) groups excluding carboxylic acids is 3. The summed E-state index contributed by atoms with van der Waals surface area (Å²) in [5.41, 5.74) is 0.677. The van der Waals surface area contributed by atoms with E-state index in [1.54, 1.807) is 18.0 Å². The quantitative estimate of drug-likeness (QED) is 0.496. The van der Waals surface area contributed by atoms with Crippen LogP contribution in [0.1, 0.15) is 24.8 Å². The SMILES string of the molecule is CN(C(=O)Cc1ccc2c(c1)NC(=O)CS2(=O)=O)C(CN1CC[C@H](OC(=O)C(F)(F)F)C1)C1CCOCC1. The smallest absolute Gasteiger partial charge is 0.454 e. The Morgan fingerprint density at radius 1 is 1.24 bits per heavy atom. The molecule has 1 N–H and O–H groups in total. The fraction of sp³-hybridized carbons (Fsp3) is 0.625. The Balaban J connectivity index is 1.44. The van der Waals surface area contributed by atoms with Gasteiger partial charge in [0.1, 0.15) is 11.9 Å². The number of amides is 2. The summed E-state index contributed by atoms with van der Waals surface area (Å²) in [4.78, 5) is 39.9. The number of ether oxygens (including phenoxy) is 2. The lowest BCUT2D eigenvalue weighted by molar-refractivity contribution is -0.204. The van der Waals surface area contributed by atoms with Crippen molar-refractivity contribution in [2.45, 2.75) is 48.9 Å². The molecular formula is C24H30F3N3O7S. The summed E-state index contributed by atoms with van der Waals surface area (Å²) in [5, 5.41) is 2.54. The average molecular weight is 562 g/mol. The van der Waals surface area contributed by atoms with Crippen LogP contribution in [0.3, 0.4) is 0 Å². The molecule has 0 spiro atoms. The molecule has 0 saturated carbocycles. The van der Waals surface area contributed by atoms with Crippen LogP contribution in [-0.4, -0.2) is 100.0 Å². The van der Waals surface area contributed by atoms with Crippen molar-refractivity contribution < 1.29 is 45.4 Å². The van der Waals surface area contributed by atoms with Gasteiger partial charge in [0.05, 0.1) is 17.0 Å². The van der Waals surface area contributed by atoms with Crippen molar-refractivity contribution in [3.63, 3.8) is 0 Å². The Bertz CT molecular complexity index is 1190. The number of benzene rings is 1. The normalized spacial score (nSPS) is 22.8. The Kier molecular flexibility index (Phi) is 8.33. The maximum absolute atomic E-state index is 13.3. The number of halogens is 3. The van der Waals surface area contributed by atoms with Gasteiger partial charge in [-0.2, -0.15) is 13.2 Å². The molecule has 14 heteroatoms. The first-order chi connectivity index (χ1) is 17.8. The number of alkyl halides is 3. The van der Waals surface area contributed by atoms with Crippen molar-refractivity contribution >= 4 is 33.3 Å². The van der Waals surface area contributed by atoms with E-state index in [0.717, 1.165) is 0 Å². The number of nitrogens with one attached hydrogen (secondary N) is 1. The minimum atomic E-state index is -5.05. The second-order valence-corrected chi connectivity index (χ2v) is 11.9. The van der Waals surface area contributed by atoms with Gasteiger partial charge in [0.2, 0.25) is 11.8 Å². The van der Waals surface area contributed by atoms with E-state index >= 15 is 0 Å². The van der Waals surface area contributed by atoms with E-state index in [-0.39, 0.29) is 47.8 Å². The molecular weight excluding hydrogens is 531 g/mol. The maximum atomic E-state index is 13.3. The number of likely N-dealkylation sites (N-methyl/N-ethyl adjacent to an activating group) is 1. The van der Waals surface area contributed by atoms with E-state index in [1.165, 1.54) is 12.1 Å². The van der Waals surface area contributed by atoms with Crippen LogP contribution in [0.25, 0.3) is 0 Å². The molecule has 1 unspecified atom stereocenters. The molecule has 3 aliphatic heterocycles. The predicted molar refractivity (Wildman–Crippen MR) is 128 cm³/mol. The van der Waals surface area contributed by atoms with Gasteiger partial charge in [-0.1, -0.05) is 6.07 Å². The monoisotopic (exact) mass is 561 g/mol. The van der Waals surface area contributed by atoms with Crippen LogP contribution < -0.4 is 5.32 Å². The summed E-state index contributed by atoms with van der Waals surface area (Å²) >= 11 is 0. The van der Waals surface area contributed by atoms with Crippen molar-refractivity contribution in [1.29, 1.82) is 0 Å². The standard InChI is InChI=1S/C24H30F3N3O7S/c1-29(22(32)11-15-2-3-20-18(10-15)28-21(31)14-38(20,34)35)19(16-5-8-36-9-6-16)13-30-7-4-17(12-30)37-23(33)24(25,26)27/h2-3,10,16-17,19H,4-9,11-14H2,1H3,(H,28,31)/t17-,19?/m0/s1. The molecule has 0 aliphatic carbocycles. The molecule has 0 aromatic heterocycles. The van der Waals surface area contributed by atoms with Gasteiger partial charge in [0.25, 0.3) is 0 Å². The van der Waals surface area contributed by atoms with Crippen molar-refractivity contribution in [1.82, 2.24) is 9.80 Å². The van der Waals surface area contributed by atoms with E-state index in [1.807, 2.05) is 4.90 Å². The summed E-state index contributed by atoms with van der Waals surface area (Å²) in [6, 6.07) is 4.15. The second kappa shape index (κ2) is 11.2. The highest BCUT2D eigenvalue weighted by Gasteiger charge is 2.43. The van der Waals surface area contributed by atoms with Crippen LogP contribution in [0.2, 0.25) is 0 Å². The van der Waals surface area contributed by atoms with Crippen molar-refractivity contribution in [3.8, 4) is 0 Å². The number of nitrogens with zero attached hydrogens (tertiary/aromatic N) is 2. The van der Waals surface area contributed by atoms with Crippen LogP contribution >= 0.6 is 0 Å². The van der Waals surface area contributed by atoms with Gasteiger partial charge in [-0.25, -0.2) is 13.2 Å². The summed E-state index contributed by atoms with van der Waals surface area (Å²) in [7, 11) is -2.06. The third kappa shape index (κ3) is 6.64. The summed E-state index contributed by atoms with van der Waals surface area (Å²) < 4.78 is 72.3. The van der Waals surface area contributed by atoms with Gasteiger partial charge in [-0.3, -0.25) is 14.5 Å². The molecule has 3 aliphatic rings. The molecule has 2 saturated heterocycles. The van der Waals surface area contributed by atoms with Gasteiger partial charge in [-0.05, 0) is 42.9 Å². The number of rotatable bonds is 7. The van der Waals surface area contributed by atoms with Crippen LogP contribution in [0.4, 0.5) is 18.9 Å². The zero-order valence-electron chi connectivity index (χ0n) is 20.8. The molecule has 38 heavy (non-hydrogen) atoms. The Morgan fingerprint density at radius 2 is 1.95 bits per heavy atom. The molecule has 4 rings (SSSR count). The molecule has 3 heterocycles. The van der Waals surface area contributed by atoms with Gasteiger partial charge >= 0.3 is 12.1 Å². The Hall–Kier alpha value is -2.71. The topological polar surface area (TPSA) is 122 Å². The predicted octanol–water partition coefficient (Wildman–Crippen LogP) is 1.39. The lowest BCUT2D eigenvalue weighted by atomic mass is 9.90. The van der Waals surface area contributed by atoms with Crippen molar-refractivity contribution in [2.24, 2.45) is 5.92 Å². The first kappa shape index (κ1) is 28.3. The molecule has 2 amide bonds. The van der Waals surface area contributed by atoms with Gasteiger partial charge in [-0.15, -0.1) is 0 Å². The molecule has 0 bridgehead atoms. The highest BCUT2D eigenvalue weighted by molar-refractivity contribution is 7.92. The number of carbonyl (C=O) groups is 3. The van der Waals surface area contributed by atoms with Gasteiger partial charge < -0.3 is 19.7 Å². The lowest BCUT2D eigenvalue weighted by Crippen LogP contribution is -2.50. The first-order valence-electron chi connectivity index (χ1n) is 12.3. The number of hydrogen-bond donors (Lipinski definition) is 1. The number of hydrogen-bond acceptors (Lipinski definition) is 8. The number of fused-ring (bicyclic) bond motifs is 1. The number of sulfone groups is 1. The van der Waals surface area contributed by atoms with E-state index in [9.17, 15) is 36.0 Å². The van der Waals surface area contributed by atoms with E-state index < -0.39 is 39.7 Å². The number of anilines is 1. The van der Waals surface area contributed by atoms with Crippen LogP contribution in [-0.2, 0) is 40.1 Å². The van der Waals surface area contributed by atoms with E-state index in [0.29, 0.717) is 44.7 Å². The highest BCUT2D eigenvalue weighted by Crippen LogP contribution is 2.29. The summed E-state index contributed by atoms with van der Waals surface area (Å²) in [5.74, 6) is -3.59. The van der Waals surface area contributed by atoms with E-state index in [4.69, 9.17) is 4.74 Å². The molecule has 1 aromatic carbocycles. The molecule has 0 radical (unpaired) electrons. The van der Waals surface area contributed by atoms with E-state index in [2.05, 4.69) is 10.1 Å². The largest absolute Gasteiger partial charge is 0.490 e. The molecule has 2 atom stereocenters. The van der Waals surface area contributed by atoms with Gasteiger partial charge in [0, 0.05) is 45.9 Å². The Morgan fingerprint density at radius 3 is 2.63 bits per heavy atom. The number of esters is 1. The fourth-order valence-corrected chi connectivity index (χ4v) is 6.50. The average Bonchev–Trinajstić information content (AvgIpc) is 3.28. The second-order valence-electron chi connectivity index (χ2n) is 9.91. The summed E-state index contributed by atoms with van der Waals surface area (Å²) in [6.45, 7) is 2.03. The molecule has 10 nitrogen and oxygen atoms in total. The number of likely N-dealkylation sites (tertiary alicyclic amines) is 1. The molecule has 1 aromatic rings. The molecule has 2 fully saturated rings. The van der Waals surface area contributed by atoms with Crippen LogP contribution in [0.15, 0.2) is 23.1 Å². The zero-order chi connectivity index (χ0) is 27.7. The molecule has 210 valence electrons. The fourth-order valence-electron chi connectivity index (χ4n) is 5.21. The van der Waals surface area contributed by atoms with Gasteiger partial charge in [0.15, 0.2) is 9.84 Å². The first-order valence-corrected chi connectivity index (χ1v) is 14.0. The maximum Gasteiger partial charge on any atom is 0.490 e. The van der Waals surface area contributed by atoms with Crippen molar-refractivity contribution in [2.75, 3.05) is 51.0 Å². The Labute approximate surface area is 218 Å². The zero-order valence-corrected chi connectivity index (χ0v) is 21.6. The van der Waals surface area contributed by atoms with Crippen molar-refractivity contribution in [3.05, 3.63) is 23.8 Å². The van der Waals surface area contributed by atoms with Crippen LogP contribution in [0, 0.1) is 5.92 Å². The minimum Gasteiger partial charge on any atom is -0.454 e. The third-order valence-electron chi connectivity index (χ3n) is 7.21. The lowest BCUT2D eigenvalue weighted by Gasteiger charge is -2.39. The van der Waals surface area contributed by atoms with Crippen LogP contribution in [0.5, 0.6) is 0 Å². The highest BCUT2D eigenvalue weighted by atomic mass is 32.2.